The number of benzene rings is 5. The summed E-state index contributed by atoms with van der Waals surface area (Å²) >= 11 is 6.64. The van der Waals surface area contributed by atoms with Crippen molar-refractivity contribution in [2.45, 2.75) is 26.5 Å². The van der Waals surface area contributed by atoms with Crippen molar-refractivity contribution < 1.29 is 81.1 Å². The molecule has 0 atom stereocenters. The van der Waals surface area contributed by atoms with E-state index in [0.717, 1.165) is 36.4 Å². The molecule has 0 spiro atoms. The minimum Gasteiger partial charge on any atom is -0.505 e. The van der Waals surface area contributed by atoms with Gasteiger partial charge in [-0.2, -0.15) is 45.3 Å². The Morgan fingerprint density at radius 3 is 2.06 bits per heavy atom. The second kappa shape index (κ2) is 22.8. The van der Waals surface area contributed by atoms with Crippen LogP contribution in [0.4, 0.5) is 57.4 Å². The van der Waals surface area contributed by atoms with Crippen LogP contribution in [0.25, 0.3) is 10.8 Å². The lowest BCUT2D eigenvalue weighted by atomic mass is 10.1. The third kappa shape index (κ3) is 14.7. The molecule has 0 radical (unpaired) electrons. The maximum absolute atomic E-state index is 12.6. The number of phenolic OH excluding ortho intramolecular Hbond substituents is 1. The van der Waals surface area contributed by atoms with Gasteiger partial charge in [0.15, 0.2) is 15.6 Å². The summed E-state index contributed by atoms with van der Waals surface area (Å²) in [4.78, 5) is 22.3. The molecule has 0 aliphatic carbocycles. The van der Waals surface area contributed by atoms with E-state index in [2.05, 4.69) is 70.2 Å². The van der Waals surface area contributed by atoms with Crippen molar-refractivity contribution in [2.75, 3.05) is 46.8 Å². The van der Waals surface area contributed by atoms with E-state index in [1.807, 2.05) is 0 Å². The fourth-order valence-electron chi connectivity index (χ4n) is 6.04. The molecule has 29 nitrogen and oxygen atoms in total. The normalized spacial score (nSPS) is 12.4. The molecule has 1 heterocycles. The number of carbonyl (C=O) groups is 1. The van der Waals surface area contributed by atoms with Gasteiger partial charge < -0.3 is 31.5 Å². The predicted octanol–water partition coefficient (Wildman–Crippen LogP) is 6.58. The number of azo groups is 2. The number of hydrogen-bond acceptors (Lipinski definition) is 26. The largest absolute Gasteiger partial charge is 0.505 e. The van der Waals surface area contributed by atoms with Gasteiger partial charge in [-0.1, -0.05) is 5.04 Å². The van der Waals surface area contributed by atoms with Crippen molar-refractivity contribution in [2.24, 2.45) is 20.5 Å². The zero-order valence-electron chi connectivity index (χ0n) is 36.0. The Hall–Kier alpha value is -6.64. The van der Waals surface area contributed by atoms with Gasteiger partial charge in [0.05, 0.1) is 57.9 Å². The van der Waals surface area contributed by atoms with Crippen LogP contribution in [-0.2, 0) is 58.8 Å². The molecule has 0 saturated heterocycles. The van der Waals surface area contributed by atoms with Crippen molar-refractivity contribution >= 4 is 138 Å². The van der Waals surface area contributed by atoms with E-state index < -0.39 is 86.6 Å². The number of amides is 1. The predicted molar refractivity (Wildman–Crippen MR) is 254 cm³/mol. The van der Waals surface area contributed by atoms with Crippen molar-refractivity contribution in [1.82, 2.24) is 15.0 Å². The Bertz CT molecular complexity index is 3580. The van der Waals surface area contributed by atoms with Gasteiger partial charge in [0.2, 0.25) is 23.1 Å². The molecule has 5 aromatic carbocycles. The minimum atomic E-state index is -4.97. The first-order chi connectivity index (χ1) is 33.8. The quantitative estimate of drug-likeness (QED) is 0.0113. The number of carbonyl (C=O) groups excluding carboxylic acids is 1. The number of aliphatic hydroxyl groups is 1. The van der Waals surface area contributed by atoms with Crippen LogP contribution in [0.3, 0.4) is 0 Å². The Morgan fingerprint density at radius 2 is 1.42 bits per heavy atom. The number of fused-ring (bicyclic) bond motifs is 1. The highest BCUT2D eigenvalue weighted by Crippen LogP contribution is 2.45. The molecule has 0 fully saturated rings. The molecule has 1 amide bonds. The smallest absolute Gasteiger partial charge is 0.397 e. The number of halogens is 1. The van der Waals surface area contributed by atoms with Crippen molar-refractivity contribution in [3.8, 4) is 5.75 Å². The van der Waals surface area contributed by atoms with Gasteiger partial charge in [0, 0.05) is 30.2 Å². The monoisotopic (exact) mass is 1120 g/mol. The van der Waals surface area contributed by atoms with Crippen LogP contribution in [0.5, 0.6) is 5.75 Å². The molecule has 0 aliphatic heterocycles. The van der Waals surface area contributed by atoms with Gasteiger partial charge in [-0.15, -0.1) is 19.7 Å². The van der Waals surface area contributed by atoms with E-state index in [9.17, 15) is 57.8 Å². The van der Waals surface area contributed by atoms with E-state index in [-0.39, 0.29) is 84.1 Å². The van der Waals surface area contributed by atoms with Crippen LogP contribution in [0.2, 0.25) is 5.28 Å². The third-order valence-corrected chi connectivity index (χ3v) is 13.7. The van der Waals surface area contributed by atoms with Crippen LogP contribution in [0.15, 0.2) is 119 Å². The lowest BCUT2D eigenvalue weighted by Gasteiger charge is -2.15. The number of hydrogen-bond donors (Lipinski definition) is 10. The summed E-state index contributed by atoms with van der Waals surface area (Å²) in [5, 5.41) is 60.3. The number of anilines is 6. The molecule has 6 aromatic rings. The highest BCUT2D eigenvalue weighted by atomic mass is 35.5. The summed E-state index contributed by atoms with van der Waals surface area (Å²) in [6.07, 6.45) is 0. The molecule has 72 heavy (non-hydrogen) atoms. The van der Waals surface area contributed by atoms with Crippen LogP contribution < -0.4 is 21.3 Å². The molecule has 0 bridgehead atoms. The first-order valence-corrected chi connectivity index (χ1v) is 26.4. The molecule has 35 heteroatoms. The van der Waals surface area contributed by atoms with Crippen LogP contribution in [-0.4, -0.2) is 109 Å². The van der Waals surface area contributed by atoms with Crippen molar-refractivity contribution in [3.63, 3.8) is 0 Å². The van der Waals surface area contributed by atoms with Gasteiger partial charge in [-0.3, -0.25) is 18.5 Å². The first-order valence-electron chi connectivity index (χ1n) is 19.4. The molecular formula is C37H34ClN11O18S5. The molecular weight excluding hydrogens is 1080 g/mol. The number of phenols is 1. The molecule has 1 aromatic heterocycles. The van der Waals surface area contributed by atoms with Crippen molar-refractivity contribution in [3.05, 3.63) is 84.1 Å². The molecule has 10 N–H and O–H groups in total. The summed E-state index contributed by atoms with van der Waals surface area (Å²) in [7, 11) is -18.8. The molecule has 0 saturated carbocycles. The number of aromatic nitrogens is 3. The highest BCUT2D eigenvalue weighted by Gasteiger charge is 2.23. The number of aliphatic hydroxyl groups excluding tert-OH is 1. The second-order valence-electron chi connectivity index (χ2n) is 14.0. The summed E-state index contributed by atoms with van der Waals surface area (Å²) < 4.78 is 133. The van der Waals surface area contributed by atoms with Gasteiger partial charge >= 0.3 is 10.4 Å². The van der Waals surface area contributed by atoms with E-state index in [0.29, 0.717) is 12.0 Å². The molecule has 6 rings (SSSR count). The average molecular weight is 1120 g/mol. The molecule has 0 aliphatic rings. The van der Waals surface area contributed by atoms with Crippen LogP contribution >= 0.6 is 23.6 Å². The van der Waals surface area contributed by atoms with Gasteiger partial charge in [0.25, 0.3) is 20.2 Å². The maximum Gasteiger partial charge on any atom is 0.397 e. The first kappa shape index (κ1) is 54.7. The lowest BCUT2D eigenvalue weighted by molar-refractivity contribution is -0.432. The summed E-state index contributed by atoms with van der Waals surface area (Å²) in [5.74, 6) is -2.35. The topological polar surface area (TPSA) is 439 Å². The van der Waals surface area contributed by atoms with Gasteiger partial charge in [-0.25, -0.2) is 17.9 Å². The fourth-order valence-corrected chi connectivity index (χ4v) is 9.46. The van der Waals surface area contributed by atoms with Crippen LogP contribution in [0.1, 0.15) is 6.92 Å². The van der Waals surface area contributed by atoms with E-state index in [4.69, 9.17) is 21.4 Å². The fraction of sp³-hybridized carbons (Fsp3) is 0.135. The minimum absolute atomic E-state index is 0.0174. The number of nitrogens with one attached hydrogen (secondary N) is 4. The lowest BCUT2D eigenvalue weighted by Crippen LogP contribution is -2.15. The van der Waals surface area contributed by atoms with E-state index in [1.54, 1.807) is 0 Å². The Kier molecular flexibility index (Phi) is 17.3. The van der Waals surface area contributed by atoms with Gasteiger partial charge in [0.1, 0.15) is 26.9 Å². The van der Waals surface area contributed by atoms with Gasteiger partial charge in [-0.05, 0) is 95.8 Å². The Balaban J connectivity index is 1.33. The highest BCUT2D eigenvalue weighted by molar-refractivity contribution is 7.94. The Labute approximate surface area is 415 Å². The number of rotatable bonds is 22. The number of aromatic hydroxyl groups is 1. The van der Waals surface area contributed by atoms with E-state index in [1.165, 1.54) is 49.4 Å². The summed E-state index contributed by atoms with van der Waals surface area (Å²) in [5.41, 5.74) is -0.998. The zero-order chi connectivity index (χ0) is 52.6. The SMILES string of the molecule is CC(=O)Nc1ccc(S(=O)(=O)O)c(N=Nc2c(SOOO)cc3cc(Nc4nc(Cl)nc(Nc5cc(NCCO)c(S(=O)(=O)O)cc5N=Nc5ccc(S(=O)(=O)CCOS(=O)(=O)O)cc5)n4)ccc3c2O)c1. The summed E-state index contributed by atoms with van der Waals surface area (Å²) in [6.45, 7) is -0.320. The zero-order valence-corrected chi connectivity index (χ0v) is 40.8. The average Bonchev–Trinajstić information content (AvgIpc) is 3.28. The molecule has 382 valence electrons. The Morgan fingerprint density at radius 1 is 0.750 bits per heavy atom. The standard InChI is InChI=1S/C37H34ClN11O18S5/c1-19(51)40-23-5-9-31(70(56,57)58)29(16-23)48-49-33-30(68-67-66-53)15-20-14-22(4-8-25(20)34(33)52)41-36-43-35(38)44-37(45-36)42-26-17-28(39-10-11-50)32(71(59,60)61)18-27(26)47-46-21-2-6-24(7-3-21)69(54,55)13-12-65-72(62,63)64/h2-9,14-18,39,50,52-53H,10-13H2,1H3,(H,40,51)(H,56,57,58)(H,59,60,61)(H,62,63,64)(H2,41,42,43,44,45). The maximum atomic E-state index is 12.6. The van der Waals surface area contributed by atoms with Crippen molar-refractivity contribution in [1.29, 1.82) is 0 Å². The van der Waals surface area contributed by atoms with E-state index >= 15 is 0 Å². The summed E-state index contributed by atoms with van der Waals surface area (Å²) in [6, 6.07) is 15.7. The number of nitrogens with zero attached hydrogens (tertiary/aromatic N) is 7. The molecule has 0 unspecified atom stereocenters. The third-order valence-electron chi connectivity index (χ3n) is 8.99. The second-order valence-corrected chi connectivity index (χ2v) is 21.1. The number of sulfone groups is 1. The van der Waals surface area contributed by atoms with Crippen LogP contribution in [0, 0.1) is 0 Å².